The molecule has 0 spiro atoms. The van der Waals surface area contributed by atoms with Gasteiger partial charge in [-0.1, -0.05) is 17.7 Å². The molecule has 0 aromatic heterocycles. The zero-order valence-electron chi connectivity index (χ0n) is 17.3. The van der Waals surface area contributed by atoms with Gasteiger partial charge in [-0.25, -0.2) is 8.42 Å². The third-order valence-corrected chi connectivity index (χ3v) is 6.30. The van der Waals surface area contributed by atoms with Crippen molar-refractivity contribution in [1.29, 1.82) is 0 Å². The van der Waals surface area contributed by atoms with Crippen LogP contribution in [0.2, 0.25) is 0 Å². The molecule has 1 aliphatic heterocycles. The average Bonchev–Trinajstić information content (AvgIpc) is 3.19. The van der Waals surface area contributed by atoms with Crippen molar-refractivity contribution in [3.8, 4) is 17.2 Å². The second-order valence-electron chi connectivity index (χ2n) is 7.04. The minimum Gasteiger partial charge on any atom is -0.491 e. The van der Waals surface area contributed by atoms with Crippen molar-refractivity contribution in [1.82, 2.24) is 5.32 Å². The van der Waals surface area contributed by atoms with E-state index in [1.165, 1.54) is 6.92 Å². The van der Waals surface area contributed by atoms with Crippen LogP contribution < -0.4 is 23.8 Å². The van der Waals surface area contributed by atoms with Gasteiger partial charge in [0, 0.05) is 6.07 Å². The van der Waals surface area contributed by atoms with Gasteiger partial charge in [0.05, 0.1) is 17.5 Å². The van der Waals surface area contributed by atoms with E-state index >= 15 is 0 Å². The highest BCUT2D eigenvalue weighted by atomic mass is 32.2. The third-order valence-electron chi connectivity index (χ3n) is 4.56. The zero-order valence-corrected chi connectivity index (χ0v) is 18.1. The summed E-state index contributed by atoms with van der Waals surface area (Å²) in [7, 11) is -3.68. The number of hydrogen-bond donors (Lipinski definition) is 1. The molecule has 3 rings (SSSR count). The second-order valence-corrected chi connectivity index (χ2v) is 9.22. The van der Waals surface area contributed by atoms with E-state index < -0.39 is 15.9 Å². The summed E-state index contributed by atoms with van der Waals surface area (Å²) in [5.74, 6) is 1.13. The summed E-state index contributed by atoms with van der Waals surface area (Å²) < 4.78 is 42.6. The maximum Gasteiger partial charge on any atom is 0.241 e. The van der Waals surface area contributed by atoms with E-state index in [2.05, 4.69) is 5.32 Å². The number of rotatable bonds is 9. The zero-order chi connectivity index (χ0) is 21.7. The molecule has 0 saturated heterocycles. The van der Waals surface area contributed by atoms with E-state index in [-0.39, 0.29) is 31.7 Å². The predicted molar refractivity (Wildman–Crippen MR) is 114 cm³/mol. The fourth-order valence-electron chi connectivity index (χ4n) is 2.89. The first-order valence-electron chi connectivity index (χ1n) is 9.67. The van der Waals surface area contributed by atoms with Crippen LogP contribution in [0.25, 0.3) is 0 Å². The van der Waals surface area contributed by atoms with Gasteiger partial charge < -0.3 is 19.5 Å². The summed E-state index contributed by atoms with van der Waals surface area (Å²) in [5, 5.41) is 2.78. The summed E-state index contributed by atoms with van der Waals surface area (Å²) in [6.07, 6.45) is 0. The number of nitrogens with one attached hydrogen (secondary N) is 1. The molecule has 1 unspecified atom stereocenters. The van der Waals surface area contributed by atoms with E-state index in [1.54, 1.807) is 25.1 Å². The van der Waals surface area contributed by atoms with Crippen LogP contribution in [-0.2, 0) is 14.8 Å². The van der Waals surface area contributed by atoms with Crippen molar-refractivity contribution in [2.24, 2.45) is 0 Å². The quantitative estimate of drug-likeness (QED) is 0.652. The summed E-state index contributed by atoms with van der Waals surface area (Å²) >= 11 is 0. The molecule has 8 nitrogen and oxygen atoms in total. The number of hydrogen-bond acceptors (Lipinski definition) is 6. The number of carbonyl (C=O) groups excluding carboxylic acids is 1. The van der Waals surface area contributed by atoms with Gasteiger partial charge in [-0.2, -0.15) is 0 Å². The van der Waals surface area contributed by atoms with Crippen molar-refractivity contribution in [2.45, 2.75) is 26.8 Å². The lowest BCUT2D eigenvalue weighted by molar-refractivity contribution is -0.120. The molecule has 0 aliphatic carbocycles. The SMILES string of the molecule is CCS(=O)(=O)N(CC(=O)NC(C)COc1ccc(C)cc1)c1ccc2c(c1)OCO2. The standard InChI is InChI=1S/C21H26N2O6S/c1-4-30(25,26)23(17-7-10-19-20(11-17)29-14-28-19)12-21(24)22-16(3)13-27-18-8-5-15(2)6-9-18/h5-11,16H,4,12-14H2,1-3H3,(H,22,24). The molecule has 9 heteroatoms. The predicted octanol–water partition coefficient (Wildman–Crippen LogP) is 2.46. The molecule has 2 aromatic carbocycles. The lowest BCUT2D eigenvalue weighted by atomic mass is 10.2. The molecule has 30 heavy (non-hydrogen) atoms. The van der Waals surface area contributed by atoms with Gasteiger partial charge in [-0.05, 0) is 45.0 Å². The second kappa shape index (κ2) is 9.25. The molecule has 1 heterocycles. The Kier molecular flexibility index (Phi) is 6.71. The Morgan fingerprint density at radius 2 is 1.87 bits per heavy atom. The molecule has 0 bridgehead atoms. The minimum atomic E-state index is -3.68. The van der Waals surface area contributed by atoms with Gasteiger partial charge in [0.2, 0.25) is 22.7 Å². The van der Waals surface area contributed by atoms with Crippen LogP contribution in [0.4, 0.5) is 5.69 Å². The van der Waals surface area contributed by atoms with Gasteiger partial charge in [0.1, 0.15) is 18.9 Å². The molecule has 0 radical (unpaired) electrons. The number of fused-ring (bicyclic) bond motifs is 1. The molecule has 2 aromatic rings. The van der Waals surface area contributed by atoms with Gasteiger partial charge in [-0.15, -0.1) is 0 Å². The molecular weight excluding hydrogens is 408 g/mol. The van der Waals surface area contributed by atoms with Crippen LogP contribution in [-0.4, -0.2) is 46.1 Å². The molecule has 1 aliphatic rings. The number of aryl methyl sites for hydroxylation is 1. The van der Waals surface area contributed by atoms with Crippen molar-refractivity contribution in [2.75, 3.05) is 30.0 Å². The molecule has 162 valence electrons. The molecule has 1 N–H and O–H groups in total. The average molecular weight is 435 g/mol. The smallest absolute Gasteiger partial charge is 0.241 e. The number of nitrogens with zero attached hydrogens (tertiary/aromatic N) is 1. The Balaban J connectivity index is 1.64. The Morgan fingerprint density at radius 3 is 2.57 bits per heavy atom. The molecule has 0 saturated carbocycles. The van der Waals surface area contributed by atoms with Crippen molar-refractivity contribution in [3.63, 3.8) is 0 Å². The first-order valence-corrected chi connectivity index (χ1v) is 11.3. The largest absolute Gasteiger partial charge is 0.491 e. The molecule has 0 fully saturated rings. The van der Waals surface area contributed by atoms with E-state index in [9.17, 15) is 13.2 Å². The highest BCUT2D eigenvalue weighted by Crippen LogP contribution is 2.36. The molecular formula is C21H26N2O6S. The summed E-state index contributed by atoms with van der Waals surface area (Å²) in [6, 6.07) is 12.1. The number of ether oxygens (including phenoxy) is 3. The van der Waals surface area contributed by atoms with Crippen molar-refractivity contribution >= 4 is 21.6 Å². The Labute approximate surface area is 176 Å². The summed E-state index contributed by atoms with van der Waals surface area (Å²) in [6.45, 7) is 5.32. The van der Waals surface area contributed by atoms with Gasteiger partial charge in [-0.3, -0.25) is 9.10 Å². The lowest BCUT2D eigenvalue weighted by Crippen LogP contribution is -2.45. The summed E-state index contributed by atoms with van der Waals surface area (Å²) in [5.41, 5.74) is 1.48. The number of amides is 1. The van der Waals surface area contributed by atoms with E-state index in [0.29, 0.717) is 22.9 Å². The van der Waals surface area contributed by atoms with E-state index in [4.69, 9.17) is 14.2 Å². The van der Waals surface area contributed by atoms with Crippen LogP contribution in [0.5, 0.6) is 17.2 Å². The van der Waals surface area contributed by atoms with E-state index in [0.717, 1.165) is 9.87 Å². The van der Waals surface area contributed by atoms with Crippen molar-refractivity contribution in [3.05, 3.63) is 48.0 Å². The molecule has 1 atom stereocenters. The van der Waals surface area contributed by atoms with Crippen molar-refractivity contribution < 1.29 is 27.4 Å². The molecule has 1 amide bonds. The lowest BCUT2D eigenvalue weighted by Gasteiger charge is -2.24. The normalized spacial score (nSPS) is 13.6. The monoisotopic (exact) mass is 434 g/mol. The van der Waals surface area contributed by atoms with Crippen LogP contribution in [0.1, 0.15) is 19.4 Å². The van der Waals surface area contributed by atoms with E-state index in [1.807, 2.05) is 31.2 Å². The van der Waals surface area contributed by atoms with Gasteiger partial charge in [0.15, 0.2) is 11.5 Å². The highest BCUT2D eigenvalue weighted by Gasteiger charge is 2.26. The van der Waals surface area contributed by atoms with Gasteiger partial charge >= 0.3 is 0 Å². The summed E-state index contributed by atoms with van der Waals surface area (Å²) in [4.78, 5) is 12.6. The Hall–Kier alpha value is -2.94. The topological polar surface area (TPSA) is 94.2 Å². The minimum absolute atomic E-state index is 0.0816. The fraction of sp³-hybridized carbons (Fsp3) is 0.381. The number of benzene rings is 2. The third kappa shape index (κ3) is 5.35. The maximum atomic E-state index is 12.6. The number of carbonyl (C=O) groups is 1. The first kappa shape index (κ1) is 21.8. The first-order chi connectivity index (χ1) is 14.3. The van der Waals surface area contributed by atoms with Crippen LogP contribution >= 0.6 is 0 Å². The Bertz CT molecular complexity index is 991. The Morgan fingerprint density at radius 1 is 1.17 bits per heavy atom. The van der Waals surface area contributed by atoms with Crippen LogP contribution in [0.3, 0.4) is 0 Å². The fourth-order valence-corrected chi connectivity index (χ4v) is 3.96. The van der Waals surface area contributed by atoms with Crippen LogP contribution in [0.15, 0.2) is 42.5 Å². The number of anilines is 1. The number of sulfonamides is 1. The maximum absolute atomic E-state index is 12.6. The van der Waals surface area contributed by atoms with Gasteiger partial charge in [0.25, 0.3) is 0 Å². The highest BCUT2D eigenvalue weighted by molar-refractivity contribution is 7.92. The van der Waals surface area contributed by atoms with Crippen LogP contribution in [0, 0.1) is 6.92 Å².